The van der Waals surface area contributed by atoms with Crippen LogP contribution in [0.5, 0.6) is 0 Å². The van der Waals surface area contributed by atoms with E-state index < -0.39 is 15.7 Å². The van der Waals surface area contributed by atoms with E-state index in [0.29, 0.717) is 17.1 Å². The fourth-order valence-corrected chi connectivity index (χ4v) is 3.28. The third-order valence-corrected chi connectivity index (χ3v) is 5.34. The molecule has 0 aromatic heterocycles. The van der Waals surface area contributed by atoms with Crippen molar-refractivity contribution in [2.45, 2.75) is 18.7 Å². The zero-order valence-corrected chi connectivity index (χ0v) is 17.2. The van der Waals surface area contributed by atoms with Crippen molar-refractivity contribution in [1.82, 2.24) is 0 Å². The number of anilines is 1. The summed E-state index contributed by atoms with van der Waals surface area (Å²) in [4.78, 5) is 12.8. The van der Waals surface area contributed by atoms with Crippen LogP contribution < -0.4 is 5.32 Å². The lowest BCUT2D eigenvalue weighted by atomic mass is 10.1. The van der Waals surface area contributed by atoms with Crippen molar-refractivity contribution in [3.8, 4) is 0 Å². The molecule has 7 heteroatoms. The fourth-order valence-electron chi connectivity index (χ4n) is 2.62. The quantitative estimate of drug-likeness (QED) is 0.576. The number of nitrogens with zero attached hydrogens (tertiary/aromatic N) is 2. The van der Waals surface area contributed by atoms with Crippen molar-refractivity contribution < 1.29 is 13.2 Å². The molecule has 3 rings (SSSR count). The summed E-state index contributed by atoms with van der Waals surface area (Å²) in [5.74, 6) is -0.425. The van der Waals surface area contributed by atoms with E-state index in [2.05, 4.69) is 15.5 Å². The first-order chi connectivity index (χ1) is 13.7. The lowest BCUT2D eigenvalue weighted by Crippen LogP contribution is -2.12. The van der Waals surface area contributed by atoms with Gasteiger partial charge in [-0.3, -0.25) is 4.79 Å². The molecule has 0 aliphatic rings. The number of aryl methyl sites for hydroxylation is 2. The van der Waals surface area contributed by atoms with Crippen LogP contribution in [0.2, 0.25) is 0 Å². The van der Waals surface area contributed by atoms with E-state index in [-0.39, 0.29) is 10.5 Å². The molecule has 0 heterocycles. The maximum Gasteiger partial charge on any atom is 0.255 e. The second-order valence-electron chi connectivity index (χ2n) is 6.81. The summed E-state index contributed by atoms with van der Waals surface area (Å²) in [5, 5.41) is 11.3. The van der Waals surface area contributed by atoms with E-state index in [1.54, 1.807) is 18.2 Å². The zero-order chi connectivity index (χ0) is 21.0. The summed E-state index contributed by atoms with van der Waals surface area (Å²) < 4.78 is 23.5. The van der Waals surface area contributed by atoms with E-state index in [1.165, 1.54) is 12.1 Å². The first kappa shape index (κ1) is 20.4. The molecule has 1 N–H and O–H groups in total. The summed E-state index contributed by atoms with van der Waals surface area (Å²) in [7, 11) is -3.40. The molecule has 148 valence electrons. The van der Waals surface area contributed by atoms with Gasteiger partial charge in [0.05, 0.1) is 16.3 Å². The summed E-state index contributed by atoms with van der Waals surface area (Å²) in [6.45, 7) is 3.92. The highest BCUT2D eigenvalue weighted by Crippen LogP contribution is 2.29. The standard InChI is InChI=1S/C22H21N3O3S/c1-15-7-10-18(11-8-15)24-25-21-13-16(2)9-12-20(21)23-22(26)17-5-4-6-19(14-17)29(3,27)28/h4-14H,1-3H3,(H,23,26). The first-order valence-corrected chi connectivity index (χ1v) is 10.8. The molecular formula is C22H21N3O3S. The average molecular weight is 407 g/mol. The molecule has 0 saturated heterocycles. The van der Waals surface area contributed by atoms with Gasteiger partial charge in [0.2, 0.25) is 0 Å². The Morgan fingerprint density at radius 1 is 0.862 bits per heavy atom. The predicted octanol–water partition coefficient (Wildman–Crippen LogP) is 5.37. The van der Waals surface area contributed by atoms with Gasteiger partial charge in [-0.05, 0) is 61.9 Å². The highest BCUT2D eigenvalue weighted by Gasteiger charge is 2.13. The molecule has 0 aliphatic carbocycles. The van der Waals surface area contributed by atoms with Crippen LogP contribution in [-0.4, -0.2) is 20.6 Å². The Morgan fingerprint density at radius 2 is 1.55 bits per heavy atom. The Balaban J connectivity index is 1.88. The SMILES string of the molecule is Cc1ccc(N=Nc2cc(C)ccc2NC(=O)c2cccc(S(C)(=O)=O)c2)cc1. The zero-order valence-electron chi connectivity index (χ0n) is 16.4. The molecule has 29 heavy (non-hydrogen) atoms. The monoisotopic (exact) mass is 407 g/mol. The van der Waals surface area contributed by atoms with Gasteiger partial charge < -0.3 is 5.32 Å². The second-order valence-corrected chi connectivity index (χ2v) is 8.83. The molecule has 0 bridgehead atoms. The topological polar surface area (TPSA) is 88.0 Å². The van der Waals surface area contributed by atoms with Crippen LogP contribution >= 0.6 is 0 Å². The van der Waals surface area contributed by atoms with Crippen molar-refractivity contribution in [2.24, 2.45) is 10.2 Å². The molecule has 1 amide bonds. The summed E-state index contributed by atoms with van der Waals surface area (Å²) >= 11 is 0. The van der Waals surface area contributed by atoms with Gasteiger partial charge in [0.15, 0.2) is 9.84 Å². The summed E-state index contributed by atoms with van der Waals surface area (Å²) in [6, 6.07) is 19.0. The smallest absolute Gasteiger partial charge is 0.255 e. The van der Waals surface area contributed by atoms with Gasteiger partial charge in [0.25, 0.3) is 5.91 Å². The van der Waals surface area contributed by atoms with E-state index in [0.717, 1.165) is 17.4 Å². The molecule has 0 atom stereocenters. The molecular weight excluding hydrogens is 386 g/mol. The Hall–Kier alpha value is -3.32. The Bertz CT molecular complexity index is 1180. The van der Waals surface area contributed by atoms with E-state index in [4.69, 9.17) is 0 Å². The van der Waals surface area contributed by atoms with Gasteiger partial charge in [0, 0.05) is 11.8 Å². The highest BCUT2D eigenvalue weighted by molar-refractivity contribution is 7.90. The molecule has 0 unspecified atom stereocenters. The van der Waals surface area contributed by atoms with E-state index in [1.807, 2.05) is 50.2 Å². The van der Waals surface area contributed by atoms with Gasteiger partial charge in [-0.1, -0.05) is 29.8 Å². The Labute approximate surface area is 170 Å². The van der Waals surface area contributed by atoms with Gasteiger partial charge in [-0.15, -0.1) is 5.11 Å². The average Bonchev–Trinajstić information content (AvgIpc) is 2.68. The van der Waals surface area contributed by atoms with Gasteiger partial charge in [-0.25, -0.2) is 8.42 Å². The van der Waals surface area contributed by atoms with Crippen molar-refractivity contribution in [3.63, 3.8) is 0 Å². The number of benzene rings is 3. The number of amides is 1. The van der Waals surface area contributed by atoms with Crippen molar-refractivity contribution in [3.05, 3.63) is 83.4 Å². The number of carbonyl (C=O) groups excluding carboxylic acids is 1. The van der Waals surface area contributed by atoms with Crippen LogP contribution in [0.4, 0.5) is 17.1 Å². The molecule has 0 fully saturated rings. The van der Waals surface area contributed by atoms with Gasteiger partial charge in [0.1, 0.15) is 5.69 Å². The molecule has 0 saturated carbocycles. The molecule has 0 spiro atoms. The van der Waals surface area contributed by atoms with Crippen LogP contribution in [0.1, 0.15) is 21.5 Å². The number of sulfone groups is 1. The maximum absolute atomic E-state index is 12.7. The van der Waals surface area contributed by atoms with Crippen LogP contribution in [0.3, 0.4) is 0 Å². The van der Waals surface area contributed by atoms with Crippen LogP contribution in [0.15, 0.2) is 81.9 Å². The van der Waals surface area contributed by atoms with Gasteiger partial charge in [-0.2, -0.15) is 5.11 Å². The van der Waals surface area contributed by atoms with E-state index in [9.17, 15) is 13.2 Å². The Morgan fingerprint density at radius 3 is 2.24 bits per heavy atom. The minimum absolute atomic E-state index is 0.0911. The molecule has 3 aromatic rings. The minimum atomic E-state index is -3.40. The number of nitrogens with one attached hydrogen (secondary N) is 1. The molecule has 6 nitrogen and oxygen atoms in total. The number of azo groups is 1. The van der Waals surface area contributed by atoms with Crippen LogP contribution in [-0.2, 0) is 9.84 Å². The number of hydrogen-bond donors (Lipinski definition) is 1. The first-order valence-electron chi connectivity index (χ1n) is 8.93. The van der Waals surface area contributed by atoms with Crippen molar-refractivity contribution in [2.75, 3.05) is 11.6 Å². The third kappa shape index (κ3) is 5.36. The molecule has 0 aliphatic heterocycles. The number of rotatable bonds is 5. The minimum Gasteiger partial charge on any atom is -0.320 e. The van der Waals surface area contributed by atoms with Crippen molar-refractivity contribution in [1.29, 1.82) is 0 Å². The number of carbonyl (C=O) groups is 1. The lowest BCUT2D eigenvalue weighted by molar-refractivity contribution is 0.102. The maximum atomic E-state index is 12.7. The van der Waals surface area contributed by atoms with E-state index >= 15 is 0 Å². The van der Waals surface area contributed by atoms with Gasteiger partial charge >= 0.3 is 0 Å². The summed E-state index contributed by atoms with van der Waals surface area (Å²) in [5.41, 5.74) is 4.05. The predicted molar refractivity (Wildman–Crippen MR) is 114 cm³/mol. The van der Waals surface area contributed by atoms with Crippen LogP contribution in [0, 0.1) is 13.8 Å². The number of hydrogen-bond acceptors (Lipinski definition) is 5. The molecule has 0 radical (unpaired) electrons. The second kappa shape index (κ2) is 8.36. The highest BCUT2D eigenvalue weighted by atomic mass is 32.2. The largest absolute Gasteiger partial charge is 0.320 e. The molecule has 3 aromatic carbocycles. The van der Waals surface area contributed by atoms with Crippen LogP contribution in [0.25, 0.3) is 0 Å². The third-order valence-electron chi connectivity index (χ3n) is 4.23. The lowest BCUT2D eigenvalue weighted by Gasteiger charge is -2.09. The normalized spacial score (nSPS) is 11.6. The van der Waals surface area contributed by atoms with Crippen molar-refractivity contribution >= 4 is 32.8 Å². The Kier molecular flexibility index (Phi) is 5.89. The summed E-state index contributed by atoms with van der Waals surface area (Å²) in [6.07, 6.45) is 1.10. The fraction of sp³-hybridized carbons (Fsp3) is 0.136.